The molecule has 16 heavy (non-hydrogen) atoms. The van der Waals surface area contributed by atoms with Crippen LogP contribution in [0.3, 0.4) is 0 Å². The zero-order valence-electron chi connectivity index (χ0n) is 10.0. The zero-order chi connectivity index (χ0) is 11.8. The lowest BCUT2D eigenvalue weighted by molar-refractivity contribution is 0.160. The SMILES string of the molecule is CCCCCCCC(O)c1ccccc1O. The van der Waals surface area contributed by atoms with Crippen LogP contribution in [-0.4, -0.2) is 10.2 Å². The third-order valence-corrected chi connectivity index (χ3v) is 2.88. The van der Waals surface area contributed by atoms with Gasteiger partial charge in [-0.05, 0) is 12.5 Å². The average molecular weight is 222 g/mol. The molecule has 1 unspecified atom stereocenters. The minimum Gasteiger partial charge on any atom is -0.508 e. The van der Waals surface area contributed by atoms with Gasteiger partial charge in [0, 0.05) is 5.56 Å². The van der Waals surface area contributed by atoms with E-state index in [0.29, 0.717) is 5.56 Å². The van der Waals surface area contributed by atoms with Gasteiger partial charge in [0.25, 0.3) is 0 Å². The topological polar surface area (TPSA) is 40.5 Å². The maximum atomic E-state index is 9.90. The number of para-hydroxylation sites is 1. The quantitative estimate of drug-likeness (QED) is 0.689. The van der Waals surface area contributed by atoms with Crippen molar-refractivity contribution >= 4 is 0 Å². The smallest absolute Gasteiger partial charge is 0.121 e. The summed E-state index contributed by atoms with van der Waals surface area (Å²) < 4.78 is 0. The lowest BCUT2D eigenvalue weighted by Crippen LogP contribution is -1.97. The Morgan fingerprint density at radius 2 is 1.75 bits per heavy atom. The fraction of sp³-hybridized carbons (Fsp3) is 0.571. The molecule has 0 bridgehead atoms. The molecule has 2 nitrogen and oxygen atoms in total. The van der Waals surface area contributed by atoms with E-state index >= 15 is 0 Å². The summed E-state index contributed by atoms with van der Waals surface area (Å²) in [7, 11) is 0. The molecular weight excluding hydrogens is 200 g/mol. The normalized spacial score (nSPS) is 12.6. The van der Waals surface area contributed by atoms with Gasteiger partial charge in [0.1, 0.15) is 5.75 Å². The first-order valence-corrected chi connectivity index (χ1v) is 6.21. The third kappa shape index (κ3) is 4.23. The molecule has 1 atom stereocenters. The molecule has 0 fully saturated rings. The molecule has 1 aromatic carbocycles. The van der Waals surface area contributed by atoms with Crippen LogP contribution in [0.15, 0.2) is 24.3 Å². The van der Waals surface area contributed by atoms with Gasteiger partial charge in [-0.3, -0.25) is 0 Å². The minimum absolute atomic E-state index is 0.198. The van der Waals surface area contributed by atoms with Crippen LogP contribution < -0.4 is 0 Å². The van der Waals surface area contributed by atoms with Gasteiger partial charge < -0.3 is 10.2 Å². The Morgan fingerprint density at radius 3 is 2.44 bits per heavy atom. The van der Waals surface area contributed by atoms with Gasteiger partial charge in [0.05, 0.1) is 6.10 Å². The molecule has 1 aromatic rings. The monoisotopic (exact) mass is 222 g/mol. The van der Waals surface area contributed by atoms with Gasteiger partial charge >= 0.3 is 0 Å². The number of aliphatic hydroxyl groups is 1. The highest BCUT2D eigenvalue weighted by Gasteiger charge is 2.10. The zero-order valence-corrected chi connectivity index (χ0v) is 10.0. The molecule has 2 N–H and O–H groups in total. The van der Waals surface area contributed by atoms with Crippen LogP contribution in [0.25, 0.3) is 0 Å². The van der Waals surface area contributed by atoms with Crippen LogP contribution in [0.5, 0.6) is 5.75 Å². The summed E-state index contributed by atoms with van der Waals surface area (Å²) >= 11 is 0. The molecule has 90 valence electrons. The van der Waals surface area contributed by atoms with E-state index in [1.165, 1.54) is 25.7 Å². The van der Waals surface area contributed by atoms with Crippen molar-refractivity contribution in [3.8, 4) is 5.75 Å². The van der Waals surface area contributed by atoms with Crippen LogP contribution in [0.2, 0.25) is 0 Å². The molecule has 1 rings (SSSR count). The van der Waals surface area contributed by atoms with E-state index in [4.69, 9.17) is 0 Å². The van der Waals surface area contributed by atoms with Crippen LogP contribution in [0, 0.1) is 0 Å². The number of hydrogen-bond donors (Lipinski definition) is 2. The highest BCUT2D eigenvalue weighted by atomic mass is 16.3. The highest BCUT2D eigenvalue weighted by Crippen LogP contribution is 2.27. The second kappa shape index (κ2) is 7.29. The minimum atomic E-state index is -0.525. The molecule has 0 amide bonds. The van der Waals surface area contributed by atoms with Crippen LogP contribution >= 0.6 is 0 Å². The molecule has 0 spiro atoms. The molecule has 0 aliphatic heterocycles. The number of phenolic OH excluding ortho intramolecular Hbond substituents is 1. The van der Waals surface area contributed by atoms with E-state index in [1.807, 2.05) is 6.07 Å². The van der Waals surface area contributed by atoms with Crippen molar-refractivity contribution in [2.24, 2.45) is 0 Å². The van der Waals surface area contributed by atoms with E-state index in [2.05, 4.69) is 6.92 Å². The number of rotatable bonds is 7. The highest BCUT2D eigenvalue weighted by molar-refractivity contribution is 5.33. The van der Waals surface area contributed by atoms with Gasteiger partial charge in [0.15, 0.2) is 0 Å². The average Bonchev–Trinajstić information content (AvgIpc) is 2.29. The van der Waals surface area contributed by atoms with Crippen molar-refractivity contribution in [3.05, 3.63) is 29.8 Å². The Labute approximate surface area is 97.9 Å². The standard InChI is InChI=1S/C14H22O2/c1-2-3-4-5-6-10-13(15)12-9-7-8-11-14(12)16/h7-9,11,13,15-16H,2-6,10H2,1H3. The summed E-state index contributed by atoms with van der Waals surface area (Å²) in [5.74, 6) is 0.198. The van der Waals surface area contributed by atoms with Crippen LogP contribution in [0.1, 0.15) is 57.1 Å². The van der Waals surface area contributed by atoms with E-state index in [1.54, 1.807) is 18.2 Å². The molecule has 0 radical (unpaired) electrons. The van der Waals surface area contributed by atoms with Crippen molar-refractivity contribution in [2.45, 2.75) is 51.6 Å². The second-order valence-electron chi connectivity index (χ2n) is 4.28. The number of phenols is 1. The summed E-state index contributed by atoms with van der Waals surface area (Å²) in [5, 5.41) is 19.5. The van der Waals surface area contributed by atoms with Crippen LogP contribution in [-0.2, 0) is 0 Å². The van der Waals surface area contributed by atoms with Gasteiger partial charge in [-0.25, -0.2) is 0 Å². The molecule has 0 saturated heterocycles. The van der Waals surface area contributed by atoms with Crippen molar-refractivity contribution < 1.29 is 10.2 Å². The summed E-state index contributed by atoms with van der Waals surface area (Å²) in [4.78, 5) is 0. The van der Waals surface area contributed by atoms with E-state index < -0.39 is 6.10 Å². The fourth-order valence-corrected chi connectivity index (χ4v) is 1.87. The van der Waals surface area contributed by atoms with Gasteiger partial charge in [-0.2, -0.15) is 0 Å². The van der Waals surface area contributed by atoms with E-state index in [9.17, 15) is 10.2 Å². The lowest BCUT2D eigenvalue weighted by Gasteiger charge is -2.12. The summed E-state index contributed by atoms with van der Waals surface area (Å²) in [5.41, 5.74) is 0.651. The van der Waals surface area contributed by atoms with E-state index in [0.717, 1.165) is 12.8 Å². The molecular formula is C14H22O2. The van der Waals surface area contributed by atoms with Gasteiger partial charge in [0.2, 0.25) is 0 Å². The second-order valence-corrected chi connectivity index (χ2v) is 4.28. The number of aromatic hydroxyl groups is 1. The fourth-order valence-electron chi connectivity index (χ4n) is 1.87. The third-order valence-electron chi connectivity index (χ3n) is 2.88. The summed E-state index contributed by atoms with van der Waals surface area (Å²) in [6.07, 6.45) is 6.15. The van der Waals surface area contributed by atoms with Gasteiger partial charge in [-0.1, -0.05) is 57.2 Å². The molecule has 0 saturated carbocycles. The first-order valence-electron chi connectivity index (χ1n) is 6.21. The lowest BCUT2D eigenvalue weighted by atomic mass is 10.0. The summed E-state index contributed by atoms with van der Waals surface area (Å²) in [6.45, 7) is 2.19. The van der Waals surface area contributed by atoms with Gasteiger partial charge in [-0.15, -0.1) is 0 Å². The predicted molar refractivity (Wildman–Crippen MR) is 66.4 cm³/mol. The van der Waals surface area contributed by atoms with Crippen LogP contribution in [0.4, 0.5) is 0 Å². The molecule has 0 heterocycles. The maximum Gasteiger partial charge on any atom is 0.121 e. The number of aliphatic hydroxyl groups excluding tert-OH is 1. The Balaban J connectivity index is 2.30. The number of unbranched alkanes of at least 4 members (excludes halogenated alkanes) is 4. The van der Waals surface area contributed by atoms with Crippen molar-refractivity contribution in [2.75, 3.05) is 0 Å². The van der Waals surface area contributed by atoms with Crippen molar-refractivity contribution in [1.82, 2.24) is 0 Å². The Hall–Kier alpha value is -1.02. The van der Waals surface area contributed by atoms with E-state index in [-0.39, 0.29) is 5.75 Å². The Kier molecular flexibility index (Phi) is 5.94. The molecule has 0 aliphatic rings. The van der Waals surface area contributed by atoms with Crippen molar-refractivity contribution in [3.63, 3.8) is 0 Å². The Morgan fingerprint density at radius 1 is 1.06 bits per heavy atom. The molecule has 0 aromatic heterocycles. The predicted octanol–water partition coefficient (Wildman–Crippen LogP) is 3.79. The van der Waals surface area contributed by atoms with Crippen molar-refractivity contribution in [1.29, 1.82) is 0 Å². The number of hydrogen-bond acceptors (Lipinski definition) is 2. The largest absolute Gasteiger partial charge is 0.508 e. The number of benzene rings is 1. The molecule has 2 heteroatoms. The summed E-state index contributed by atoms with van der Waals surface area (Å²) in [6, 6.07) is 7.02. The first-order chi connectivity index (χ1) is 7.75. The maximum absolute atomic E-state index is 9.90. The first kappa shape index (κ1) is 13.0. The molecule has 0 aliphatic carbocycles. The Bertz CT molecular complexity index is 297.